The molecule has 3 heteroatoms. The standard InChI is InChI=1S/C14H21ClN2/c1-16-12-6-4-5-11(9-12)10-17-14-8-3-2-7-13(14)15/h2-3,7-8,11-12,16-17H,4-6,9-10H2,1H3. The zero-order valence-electron chi connectivity index (χ0n) is 10.4. The van der Waals surface area contributed by atoms with E-state index >= 15 is 0 Å². The van der Waals surface area contributed by atoms with Gasteiger partial charge in [-0.25, -0.2) is 0 Å². The van der Waals surface area contributed by atoms with Crippen molar-refractivity contribution in [3.05, 3.63) is 29.3 Å². The third kappa shape index (κ3) is 3.62. The van der Waals surface area contributed by atoms with Crippen molar-refractivity contribution in [2.24, 2.45) is 5.92 Å². The minimum absolute atomic E-state index is 0.696. The minimum atomic E-state index is 0.696. The fraction of sp³-hybridized carbons (Fsp3) is 0.571. The summed E-state index contributed by atoms with van der Waals surface area (Å²) < 4.78 is 0. The highest BCUT2D eigenvalue weighted by molar-refractivity contribution is 6.33. The van der Waals surface area contributed by atoms with Crippen LogP contribution in [0.25, 0.3) is 0 Å². The highest BCUT2D eigenvalue weighted by Crippen LogP contribution is 2.26. The number of nitrogens with one attached hydrogen (secondary N) is 2. The van der Waals surface area contributed by atoms with E-state index in [0.717, 1.165) is 23.2 Å². The Kier molecular flexibility index (Phi) is 4.69. The van der Waals surface area contributed by atoms with Crippen molar-refractivity contribution in [1.82, 2.24) is 5.32 Å². The number of hydrogen-bond donors (Lipinski definition) is 2. The lowest BCUT2D eigenvalue weighted by Crippen LogP contribution is -2.33. The van der Waals surface area contributed by atoms with Crippen molar-refractivity contribution in [2.45, 2.75) is 31.7 Å². The van der Waals surface area contributed by atoms with Crippen LogP contribution in [0.5, 0.6) is 0 Å². The molecule has 94 valence electrons. The minimum Gasteiger partial charge on any atom is -0.384 e. The van der Waals surface area contributed by atoms with Crippen LogP contribution in [0.2, 0.25) is 5.02 Å². The van der Waals surface area contributed by atoms with Gasteiger partial charge in [0.15, 0.2) is 0 Å². The SMILES string of the molecule is CNC1CCCC(CNc2ccccc2Cl)C1. The fourth-order valence-electron chi connectivity index (χ4n) is 2.60. The van der Waals surface area contributed by atoms with Gasteiger partial charge in [-0.15, -0.1) is 0 Å². The van der Waals surface area contributed by atoms with Gasteiger partial charge >= 0.3 is 0 Å². The first-order chi connectivity index (χ1) is 8.29. The zero-order valence-corrected chi connectivity index (χ0v) is 11.1. The van der Waals surface area contributed by atoms with Crippen LogP contribution in [0, 0.1) is 5.92 Å². The summed E-state index contributed by atoms with van der Waals surface area (Å²) in [7, 11) is 2.06. The average molecular weight is 253 g/mol. The van der Waals surface area contributed by atoms with Crippen molar-refractivity contribution in [3.8, 4) is 0 Å². The molecule has 0 aliphatic heterocycles. The third-order valence-electron chi connectivity index (χ3n) is 3.65. The molecule has 1 saturated carbocycles. The molecular formula is C14H21ClN2. The van der Waals surface area contributed by atoms with Crippen LogP contribution < -0.4 is 10.6 Å². The van der Waals surface area contributed by atoms with Crippen molar-refractivity contribution >= 4 is 17.3 Å². The van der Waals surface area contributed by atoms with E-state index in [4.69, 9.17) is 11.6 Å². The summed E-state index contributed by atoms with van der Waals surface area (Å²) in [5.41, 5.74) is 1.06. The second-order valence-corrected chi connectivity index (χ2v) is 5.29. The molecule has 0 spiro atoms. The van der Waals surface area contributed by atoms with Gasteiger partial charge in [0.2, 0.25) is 0 Å². The number of para-hydroxylation sites is 1. The molecule has 0 radical (unpaired) electrons. The largest absolute Gasteiger partial charge is 0.384 e. The maximum atomic E-state index is 6.12. The lowest BCUT2D eigenvalue weighted by molar-refractivity contribution is 0.306. The molecule has 2 N–H and O–H groups in total. The van der Waals surface area contributed by atoms with E-state index in [1.807, 2.05) is 24.3 Å². The van der Waals surface area contributed by atoms with Crippen LogP contribution in [-0.4, -0.2) is 19.6 Å². The van der Waals surface area contributed by atoms with Crippen molar-refractivity contribution in [2.75, 3.05) is 18.9 Å². The van der Waals surface area contributed by atoms with Gasteiger partial charge < -0.3 is 10.6 Å². The van der Waals surface area contributed by atoms with Gasteiger partial charge in [0.25, 0.3) is 0 Å². The van der Waals surface area contributed by atoms with E-state index in [9.17, 15) is 0 Å². The van der Waals surface area contributed by atoms with Crippen LogP contribution >= 0.6 is 11.6 Å². The number of anilines is 1. The molecule has 2 atom stereocenters. The molecule has 17 heavy (non-hydrogen) atoms. The first-order valence-electron chi connectivity index (χ1n) is 6.45. The maximum absolute atomic E-state index is 6.12. The smallest absolute Gasteiger partial charge is 0.0637 e. The van der Waals surface area contributed by atoms with Crippen LogP contribution in [-0.2, 0) is 0 Å². The van der Waals surface area contributed by atoms with E-state index in [2.05, 4.69) is 17.7 Å². The van der Waals surface area contributed by atoms with Gasteiger partial charge in [-0.05, 0) is 44.4 Å². The van der Waals surface area contributed by atoms with E-state index in [-0.39, 0.29) is 0 Å². The van der Waals surface area contributed by atoms with Gasteiger partial charge in [0.1, 0.15) is 0 Å². The Hall–Kier alpha value is -0.730. The molecule has 2 rings (SSSR count). The molecule has 1 aromatic rings. The van der Waals surface area contributed by atoms with E-state index < -0.39 is 0 Å². The van der Waals surface area contributed by atoms with Crippen molar-refractivity contribution in [1.29, 1.82) is 0 Å². The van der Waals surface area contributed by atoms with Crippen LogP contribution in [0.1, 0.15) is 25.7 Å². The first-order valence-corrected chi connectivity index (χ1v) is 6.83. The number of rotatable bonds is 4. The molecule has 1 aliphatic carbocycles. The molecule has 1 aromatic carbocycles. The first kappa shape index (κ1) is 12.7. The summed E-state index contributed by atoms with van der Waals surface area (Å²) in [5, 5.41) is 7.67. The Morgan fingerprint density at radius 1 is 1.29 bits per heavy atom. The lowest BCUT2D eigenvalue weighted by atomic mass is 9.85. The Bertz CT molecular complexity index is 354. The van der Waals surface area contributed by atoms with Gasteiger partial charge in [-0.1, -0.05) is 30.2 Å². The third-order valence-corrected chi connectivity index (χ3v) is 3.98. The zero-order chi connectivity index (χ0) is 12.1. The molecular weight excluding hydrogens is 232 g/mol. The summed E-state index contributed by atoms with van der Waals surface area (Å²) in [6.45, 7) is 1.03. The predicted octanol–water partition coefficient (Wildman–Crippen LogP) is 3.53. The highest BCUT2D eigenvalue weighted by atomic mass is 35.5. The number of halogens is 1. The number of hydrogen-bond acceptors (Lipinski definition) is 2. The lowest BCUT2D eigenvalue weighted by Gasteiger charge is -2.29. The quantitative estimate of drug-likeness (QED) is 0.857. The Balaban J connectivity index is 1.84. The van der Waals surface area contributed by atoms with Gasteiger partial charge in [0.05, 0.1) is 10.7 Å². The topological polar surface area (TPSA) is 24.1 Å². The molecule has 0 heterocycles. The van der Waals surface area contributed by atoms with E-state index in [0.29, 0.717) is 6.04 Å². The summed E-state index contributed by atoms with van der Waals surface area (Å²) in [4.78, 5) is 0. The van der Waals surface area contributed by atoms with Crippen molar-refractivity contribution in [3.63, 3.8) is 0 Å². The van der Waals surface area contributed by atoms with Gasteiger partial charge in [-0.2, -0.15) is 0 Å². The average Bonchev–Trinajstić information content (AvgIpc) is 2.38. The summed E-state index contributed by atoms with van der Waals surface area (Å²) in [5.74, 6) is 0.762. The van der Waals surface area contributed by atoms with Crippen LogP contribution in [0.4, 0.5) is 5.69 Å². The second kappa shape index (κ2) is 6.27. The maximum Gasteiger partial charge on any atom is 0.0637 e. The molecule has 2 unspecified atom stereocenters. The molecule has 1 fully saturated rings. The number of benzene rings is 1. The molecule has 0 saturated heterocycles. The predicted molar refractivity (Wildman–Crippen MR) is 74.7 cm³/mol. The second-order valence-electron chi connectivity index (χ2n) is 4.88. The van der Waals surface area contributed by atoms with Gasteiger partial charge in [-0.3, -0.25) is 0 Å². The van der Waals surface area contributed by atoms with Crippen LogP contribution in [0.3, 0.4) is 0 Å². The van der Waals surface area contributed by atoms with Gasteiger partial charge in [0, 0.05) is 12.6 Å². The molecule has 0 aromatic heterocycles. The van der Waals surface area contributed by atoms with Crippen molar-refractivity contribution < 1.29 is 0 Å². The molecule has 2 nitrogen and oxygen atoms in total. The summed E-state index contributed by atoms with van der Waals surface area (Å²) in [6.07, 6.45) is 5.25. The Morgan fingerprint density at radius 2 is 2.12 bits per heavy atom. The fourth-order valence-corrected chi connectivity index (χ4v) is 2.80. The van der Waals surface area contributed by atoms with Crippen LogP contribution in [0.15, 0.2) is 24.3 Å². The normalized spacial score (nSPS) is 24.6. The van der Waals surface area contributed by atoms with E-state index in [1.165, 1.54) is 25.7 Å². The Morgan fingerprint density at radius 3 is 2.88 bits per heavy atom. The monoisotopic (exact) mass is 252 g/mol. The molecule has 1 aliphatic rings. The summed E-state index contributed by atoms with van der Waals surface area (Å²) in [6, 6.07) is 8.65. The Labute approximate surface area is 109 Å². The molecule has 0 amide bonds. The van der Waals surface area contributed by atoms with E-state index in [1.54, 1.807) is 0 Å². The molecule has 0 bridgehead atoms. The summed E-state index contributed by atoms with van der Waals surface area (Å²) >= 11 is 6.12. The highest BCUT2D eigenvalue weighted by Gasteiger charge is 2.20.